The van der Waals surface area contributed by atoms with Gasteiger partial charge in [0.1, 0.15) is 5.82 Å². The number of nitrogens with one attached hydrogen (secondary N) is 2. The van der Waals surface area contributed by atoms with Gasteiger partial charge in [0.15, 0.2) is 0 Å². The van der Waals surface area contributed by atoms with Crippen LogP contribution in [-0.4, -0.2) is 21.6 Å². The van der Waals surface area contributed by atoms with Crippen molar-refractivity contribution < 1.29 is 14.0 Å². The molecule has 2 N–H and O–H groups in total. The van der Waals surface area contributed by atoms with Gasteiger partial charge in [0.25, 0.3) is 5.91 Å². The molecule has 2 amide bonds. The molecule has 0 saturated carbocycles. The van der Waals surface area contributed by atoms with Crippen LogP contribution in [0.25, 0.3) is 0 Å². The highest BCUT2D eigenvalue weighted by Gasteiger charge is 2.17. The van der Waals surface area contributed by atoms with Gasteiger partial charge in [-0.15, -0.1) is 0 Å². The maximum atomic E-state index is 13.6. The van der Waals surface area contributed by atoms with Crippen molar-refractivity contribution in [2.45, 2.75) is 20.8 Å². The van der Waals surface area contributed by atoms with Gasteiger partial charge in [0.05, 0.1) is 16.9 Å². The van der Waals surface area contributed by atoms with Gasteiger partial charge in [0, 0.05) is 25.4 Å². The Morgan fingerprint density at radius 3 is 2.45 bits per heavy atom. The Morgan fingerprint density at radius 2 is 1.91 bits per heavy atom. The average Bonchev–Trinajstić information content (AvgIpc) is 2.66. The predicted octanol–water partition coefficient (Wildman–Crippen LogP) is 2.39. The zero-order valence-corrected chi connectivity index (χ0v) is 12.8. The van der Waals surface area contributed by atoms with Crippen LogP contribution in [-0.2, 0) is 11.8 Å². The quantitative estimate of drug-likeness (QED) is 0.914. The first-order valence-electron chi connectivity index (χ1n) is 6.68. The Bertz CT molecular complexity index is 752. The molecule has 6 nitrogen and oxygen atoms in total. The number of amides is 2. The molecule has 0 saturated heterocycles. The first kappa shape index (κ1) is 15.7. The minimum absolute atomic E-state index is 0.0185. The SMILES string of the molecule is CC(=O)Nc1cc(NC(=O)c2c(C)nn(C)c2C)ccc1F. The summed E-state index contributed by atoms with van der Waals surface area (Å²) in [7, 11) is 1.76. The van der Waals surface area contributed by atoms with Crippen molar-refractivity contribution in [2.75, 3.05) is 10.6 Å². The van der Waals surface area contributed by atoms with Crippen molar-refractivity contribution in [2.24, 2.45) is 7.05 Å². The van der Waals surface area contributed by atoms with Crippen LogP contribution in [0.2, 0.25) is 0 Å². The summed E-state index contributed by atoms with van der Waals surface area (Å²) in [6, 6.07) is 3.99. The lowest BCUT2D eigenvalue weighted by Crippen LogP contribution is -2.15. The third kappa shape index (κ3) is 3.13. The second kappa shape index (κ2) is 5.97. The topological polar surface area (TPSA) is 76.0 Å². The Kier molecular flexibility index (Phi) is 4.25. The fourth-order valence-corrected chi connectivity index (χ4v) is 2.18. The number of aryl methyl sites for hydroxylation is 2. The normalized spacial score (nSPS) is 10.4. The summed E-state index contributed by atoms with van der Waals surface area (Å²) < 4.78 is 15.2. The van der Waals surface area contributed by atoms with Crippen LogP contribution in [0.1, 0.15) is 28.7 Å². The number of halogens is 1. The van der Waals surface area contributed by atoms with E-state index in [9.17, 15) is 14.0 Å². The second-order valence-electron chi connectivity index (χ2n) is 5.00. The van der Waals surface area contributed by atoms with Crippen LogP contribution in [0.4, 0.5) is 15.8 Å². The highest BCUT2D eigenvalue weighted by atomic mass is 19.1. The van der Waals surface area contributed by atoms with Gasteiger partial charge in [0.2, 0.25) is 5.91 Å². The summed E-state index contributed by atoms with van der Waals surface area (Å²) >= 11 is 0. The molecule has 1 aromatic carbocycles. The molecule has 0 aliphatic heterocycles. The third-order valence-corrected chi connectivity index (χ3v) is 3.27. The number of carbonyl (C=O) groups excluding carboxylic acids is 2. The van der Waals surface area contributed by atoms with Crippen molar-refractivity contribution in [3.8, 4) is 0 Å². The van der Waals surface area contributed by atoms with E-state index in [2.05, 4.69) is 15.7 Å². The monoisotopic (exact) mass is 304 g/mol. The standard InChI is InChI=1S/C15H17FN4O2/c1-8-14(9(2)20(4)19-8)15(22)18-11-5-6-12(16)13(7-11)17-10(3)21/h5-7H,1-4H3,(H,17,21)(H,18,22). The van der Waals surface area contributed by atoms with Crippen LogP contribution in [0.15, 0.2) is 18.2 Å². The number of anilines is 2. The molecule has 0 fully saturated rings. The molecule has 116 valence electrons. The van der Waals surface area contributed by atoms with Crippen molar-refractivity contribution in [1.82, 2.24) is 9.78 Å². The minimum atomic E-state index is -0.568. The van der Waals surface area contributed by atoms with Gasteiger partial charge in [-0.1, -0.05) is 0 Å². The summed E-state index contributed by atoms with van der Waals surface area (Å²) in [5, 5.41) is 9.24. The molecule has 2 aromatic rings. The van der Waals surface area contributed by atoms with E-state index in [0.717, 1.165) is 5.69 Å². The van der Waals surface area contributed by atoms with Gasteiger partial charge < -0.3 is 10.6 Å². The molecule has 2 rings (SSSR count). The van der Waals surface area contributed by atoms with Gasteiger partial charge >= 0.3 is 0 Å². The largest absolute Gasteiger partial charge is 0.324 e. The molecule has 0 bridgehead atoms. The Balaban J connectivity index is 2.27. The Morgan fingerprint density at radius 1 is 1.23 bits per heavy atom. The number of nitrogens with zero attached hydrogens (tertiary/aromatic N) is 2. The lowest BCUT2D eigenvalue weighted by molar-refractivity contribution is -0.114. The van der Waals surface area contributed by atoms with Crippen LogP contribution in [0.5, 0.6) is 0 Å². The first-order valence-corrected chi connectivity index (χ1v) is 6.68. The molecular weight excluding hydrogens is 287 g/mol. The van der Waals surface area contributed by atoms with E-state index in [1.54, 1.807) is 25.6 Å². The molecule has 0 radical (unpaired) electrons. The molecule has 1 heterocycles. The highest BCUT2D eigenvalue weighted by Crippen LogP contribution is 2.21. The van der Waals surface area contributed by atoms with Crippen LogP contribution in [0.3, 0.4) is 0 Å². The van der Waals surface area contributed by atoms with E-state index in [-0.39, 0.29) is 17.5 Å². The predicted molar refractivity (Wildman–Crippen MR) is 81.3 cm³/mol. The number of carbonyl (C=O) groups is 2. The molecule has 0 aliphatic rings. The average molecular weight is 304 g/mol. The minimum Gasteiger partial charge on any atom is -0.324 e. The summed E-state index contributed by atoms with van der Waals surface area (Å²) in [5.41, 5.74) is 2.23. The Labute approximate surface area is 127 Å². The highest BCUT2D eigenvalue weighted by molar-refractivity contribution is 6.06. The van der Waals surface area contributed by atoms with E-state index in [0.29, 0.717) is 16.9 Å². The summed E-state index contributed by atoms with van der Waals surface area (Å²) in [6.07, 6.45) is 0. The van der Waals surface area contributed by atoms with Crippen molar-refractivity contribution in [3.05, 3.63) is 41.0 Å². The number of benzene rings is 1. The summed E-state index contributed by atoms with van der Waals surface area (Å²) in [5.74, 6) is -1.29. The van der Waals surface area contributed by atoms with E-state index in [1.165, 1.54) is 25.1 Å². The van der Waals surface area contributed by atoms with E-state index in [1.807, 2.05) is 0 Å². The zero-order valence-electron chi connectivity index (χ0n) is 12.8. The lowest BCUT2D eigenvalue weighted by Gasteiger charge is -2.09. The number of rotatable bonds is 3. The molecule has 0 unspecified atom stereocenters. The smallest absolute Gasteiger partial charge is 0.259 e. The fourth-order valence-electron chi connectivity index (χ4n) is 2.18. The third-order valence-electron chi connectivity index (χ3n) is 3.27. The van der Waals surface area contributed by atoms with Crippen molar-refractivity contribution in [3.63, 3.8) is 0 Å². The first-order chi connectivity index (χ1) is 10.3. The number of hydrogen-bond acceptors (Lipinski definition) is 3. The van der Waals surface area contributed by atoms with Crippen LogP contribution >= 0.6 is 0 Å². The van der Waals surface area contributed by atoms with Gasteiger partial charge in [-0.25, -0.2) is 4.39 Å². The van der Waals surface area contributed by atoms with Gasteiger partial charge in [-0.2, -0.15) is 5.10 Å². The molecule has 0 spiro atoms. The molecule has 7 heteroatoms. The molecule has 0 aliphatic carbocycles. The van der Waals surface area contributed by atoms with E-state index >= 15 is 0 Å². The van der Waals surface area contributed by atoms with E-state index < -0.39 is 5.82 Å². The summed E-state index contributed by atoms with van der Waals surface area (Å²) in [6.45, 7) is 4.82. The van der Waals surface area contributed by atoms with Crippen LogP contribution in [0, 0.1) is 19.7 Å². The zero-order chi connectivity index (χ0) is 16.4. The molecule has 0 atom stereocenters. The lowest BCUT2D eigenvalue weighted by atomic mass is 10.1. The second-order valence-corrected chi connectivity index (χ2v) is 5.00. The molecular formula is C15H17FN4O2. The Hall–Kier alpha value is -2.70. The van der Waals surface area contributed by atoms with Crippen molar-refractivity contribution in [1.29, 1.82) is 0 Å². The fraction of sp³-hybridized carbons (Fsp3) is 0.267. The summed E-state index contributed by atoms with van der Waals surface area (Å²) in [4.78, 5) is 23.4. The van der Waals surface area contributed by atoms with Crippen molar-refractivity contribution >= 4 is 23.2 Å². The van der Waals surface area contributed by atoms with Crippen LogP contribution < -0.4 is 10.6 Å². The number of aromatic nitrogens is 2. The van der Waals surface area contributed by atoms with Gasteiger partial charge in [-0.05, 0) is 32.0 Å². The molecule has 22 heavy (non-hydrogen) atoms. The van der Waals surface area contributed by atoms with Gasteiger partial charge in [-0.3, -0.25) is 14.3 Å². The molecule has 1 aromatic heterocycles. The number of hydrogen-bond donors (Lipinski definition) is 2. The maximum absolute atomic E-state index is 13.6. The van der Waals surface area contributed by atoms with E-state index in [4.69, 9.17) is 0 Å². The maximum Gasteiger partial charge on any atom is 0.259 e.